The number of furan rings is 1. The van der Waals surface area contributed by atoms with Crippen molar-refractivity contribution in [3.05, 3.63) is 77.1 Å². The molecule has 2 aromatic heterocycles. The second-order valence-corrected chi connectivity index (χ2v) is 8.15. The number of nitrogens with zero attached hydrogens (tertiary/aromatic N) is 2. The number of aryl methyl sites for hydroxylation is 1. The molecule has 1 atom stereocenters. The predicted octanol–water partition coefficient (Wildman–Crippen LogP) is 4.23. The van der Waals surface area contributed by atoms with Gasteiger partial charge in [-0.1, -0.05) is 43.3 Å². The Morgan fingerprint density at radius 3 is 2.80 bits per heavy atom. The summed E-state index contributed by atoms with van der Waals surface area (Å²) >= 11 is 0. The summed E-state index contributed by atoms with van der Waals surface area (Å²) in [7, 11) is 0. The van der Waals surface area contributed by atoms with Gasteiger partial charge in [0.1, 0.15) is 12.3 Å². The number of aliphatic imine (C=N–C) groups is 1. The highest BCUT2D eigenvalue weighted by molar-refractivity contribution is 5.80. The van der Waals surface area contributed by atoms with Gasteiger partial charge in [-0.2, -0.15) is 0 Å². The van der Waals surface area contributed by atoms with Crippen LogP contribution in [0.4, 0.5) is 0 Å². The van der Waals surface area contributed by atoms with Crippen molar-refractivity contribution in [1.29, 1.82) is 0 Å². The van der Waals surface area contributed by atoms with Crippen LogP contribution in [0, 0.1) is 0 Å². The first-order valence-corrected chi connectivity index (χ1v) is 10.8. The van der Waals surface area contributed by atoms with Crippen LogP contribution in [0.15, 0.2) is 62.7 Å². The minimum Gasteiger partial charge on any atom is -0.469 e. The maximum atomic E-state index is 5.45. The van der Waals surface area contributed by atoms with Gasteiger partial charge in [0.25, 0.3) is 0 Å². The molecule has 0 bridgehead atoms. The Morgan fingerprint density at radius 2 is 2.03 bits per heavy atom. The summed E-state index contributed by atoms with van der Waals surface area (Å²) in [5.41, 5.74) is 3.85. The first-order chi connectivity index (χ1) is 14.7. The molecule has 30 heavy (non-hydrogen) atoms. The molecule has 6 heteroatoms. The SMILES string of the molecule is CC(C)c1cc(CN=C(NCCc2ccco2)NC2CCc3ccccc3C2)on1. The van der Waals surface area contributed by atoms with Crippen LogP contribution in [-0.4, -0.2) is 23.7 Å². The molecule has 2 N–H and O–H groups in total. The number of nitrogens with one attached hydrogen (secondary N) is 2. The van der Waals surface area contributed by atoms with Crippen LogP contribution in [0.2, 0.25) is 0 Å². The fourth-order valence-electron chi connectivity index (χ4n) is 3.76. The van der Waals surface area contributed by atoms with Crippen LogP contribution in [0.3, 0.4) is 0 Å². The first-order valence-electron chi connectivity index (χ1n) is 10.8. The summed E-state index contributed by atoms with van der Waals surface area (Å²) < 4.78 is 10.9. The van der Waals surface area contributed by atoms with Gasteiger partial charge in [-0.3, -0.25) is 0 Å². The number of guanidine groups is 1. The minimum absolute atomic E-state index is 0.345. The molecule has 0 fully saturated rings. The first kappa shape index (κ1) is 20.3. The average molecular weight is 407 g/mol. The lowest BCUT2D eigenvalue weighted by Crippen LogP contribution is -2.46. The quantitative estimate of drug-likeness (QED) is 0.454. The molecule has 1 aliphatic carbocycles. The molecule has 4 rings (SSSR count). The van der Waals surface area contributed by atoms with Crippen LogP contribution in [0.5, 0.6) is 0 Å². The predicted molar refractivity (Wildman–Crippen MR) is 118 cm³/mol. The van der Waals surface area contributed by atoms with E-state index in [0.717, 1.165) is 55.4 Å². The van der Waals surface area contributed by atoms with Gasteiger partial charge in [-0.05, 0) is 48.4 Å². The molecule has 0 amide bonds. The molecule has 6 nitrogen and oxygen atoms in total. The van der Waals surface area contributed by atoms with Crippen molar-refractivity contribution < 1.29 is 8.94 Å². The lowest BCUT2D eigenvalue weighted by molar-refractivity contribution is 0.376. The van der Waals surface area contributed by atoms with Crippen LogP contribution >= 0.6 is 0 Å². The molecular weight excluding hydrogens is 376 g/mol. The van der Waals surface area contributed by atoms with E-state index in [1.54, 1.807) is 6.26 Å². The maximum absolute atomic E-state index is 5.45. The minimum atomic E-state index is 0.345. The average Bonchev–Trinajstić information content (AvgIpc) is 3.44. The zero-order valence-corrected chi connectivity index (χ0v) is 17.7. The zero-order chi connectivity index (χ0) is 20.8. The molecule has 0 saturated heterocycles. The van der Waals surface area contributed by atoms with Crippen LogP contribution in [-0.2, 0) is 25.8 Å². The Morgan fingerprint density at radius 1 is 1.17 bits per heavy atom. The molecule has 2 heterocycles. The molecule has 0 spiro atoms. The van der Waals surface area contributed by atoms with Gasteiger partial charge >= 0.3 is 0 Å². The van der Waals surface area contributed by atoms with Crippen LogP contribution < -0.4 is 10.6 Å². The Bertz CT molecular complexity index is 959. The van der Waals surface area contributed by atoms with Gasteiger partial charge < -0.3 is 19.6 Å². The Labute approximate surface area is 177 Å². The number of aromatic nitrogens is 1. The van der Waals surface area contributed by atoms with E-state index in [1.165, 1.54) is 11.1 Å². The fourth-order valence-corrected chi connectivity index (χ4v) is 3.76. The standard InChI is InChI=1S/C24H30N4O2/c1-17(2)23-15-22(30-28-23)16-26-24(25-12-11-21-8-5-13-29-21)27-20-10-9-18-6-3-4-7-19(18)14-20/h3-8,13,15,17,20H,9-12,14,16H2,1-2H3,(H2,25,26,27). The van der Waals surface area contributed by atoms with Gasteiger partial charge in [0, 0.05) is 25.1 Å². The third kappa shape index (κ3) is 5.32. The highest BCUT2D eigenvalue weighted by atomic mass is 16.5. The van der Waals surface area contributed by atoms with Crippen LogP contribution in [0.1, 0.15) is 54.5 Å². The van der Waals surface area contributed by atoms with Gasteiger partial charge in [0.2, 0.25) is 0 Å². The highest BCUT2D eigenvalue weighted by Crippen LogP contribution is 2.21. The summed E-state index contributed by atoms with van der Waals surface area (Å²) in [5, 5.41) is 11.2. The summed E-state index contributed by atoms with van der Waals surface area (Å²) in [6, 6.07) is 15.0. The summed E-state index contributed by atoms with van der Waals surface area (Å²) in [6.45, 7) is 5.42. The van der Waals surface area contributed by atoms with Crippen molar-refractivity contribution in [2.24, 2.45) is 4.99 Å². The molecule has 1 aromatic carbocycles. The molecule has 3 aromatic rings. The summed E-state index contributed by atoms with van der Waals surface area (Å²) in [4.78, 5) is 4.77. The Kier molecular flexibility index (Phi) is 6.52. The van der Waals surface area contributed by atoms with Crippen LogP contribution in [0.25, 0.3) is 0 Å². The summed E-state index contributed by atoms with van der Waals surface area (Å²) in [6.07, 6.45) is 5.71. The largest absolute Gasteiger partial charge is 0.469 e. The van der Waals surface area contributed by atoms with Crippen molar-refractivity contribution in [1.82, 2.24) is 15.8 Å². The van der Waals surface area contributed by atoms with Gasteiger partial charge in [-0.15, -0.1) is 0 Å². The molecule has 1 unspecified atom stereocenters. The van der Waals surface area contributed by atoms with E-state index in [1.807, 2.05) is 18.2 Å². The highest BCUT2D eigenvalue weighted by Gasteiger charge is 2.19. The van der Waals surface area contributed by atoms with Crippen molar-refractivity contribution in [2.45, 2.75) is 58.0 Å². The number of hydrogen-bond acceptors (Lipinski definition) is 4. The molecule has 1 aliphatic rings. The fraction of sp³-hybridized carbons (Fsp3) is 0.417. The monoisotopic (exact) mass is 406 g/mol. The van der Waals surface area contributed by atoms with Gasteiger partial charge in [-0.25, -0.2) is 4.99 Å². The van der Waals surface area contributed by atoms with Crippen molar-refractivity contribution in [3.8, 4) is 0 Å². The normalized spacial score (nSPS) is 16.5. The zero-order valence-electron chi connectivity index (χ0n) is 17.7. The van der Waals surface area contributed by atoms with E-state index >= 15 is 0 Å². The third-order valence-electron chi connectivity index (χ3n) is 5.49. The number of benzene rings is 1. The van der Waals surface area contributed by atoms with E-state index < -0.39 is 0 Å². The molecular formula is C24H30N4O2. The molecule has 158 valence electrons. The Hall–Kier alpha value is -3.02. The Balaban J connectivity index is 1.40. The van der Waals surface area contributed by atoms with Gasteiger partial charge in [0.05, 0.1) is 12.0 Å². The second kappa shape index (κ2) is 9.65. The second-order valence-electron chi connectivity index (χ2n) is 8.15. The number of hydrogen-bond donors (Lipinski definition) is 2. The smallest absolute Gasteiger partial charge is 0.191 e. The lowest BCUT2D eigenvalue weighted by Gasteiger charge is -2.27. The maximum Gasteiger partial charge on any atom is 0.191 e. The topological polar surface area (TPSA) is 75.6 Å². The molecule has 0 radical (unpaired) electrons. The van der Waals surface area contributed by atoms with Crippen molar-refractivity contribution in [2.75, 3.05) is 6.54 Å². The van der Waals surface area contributed by atoms with E-state index in [0.29, 0.717) is 18.5 Å². The molecule has 0 aliphatic heterocycles. The van der Waals surface area contributed by atoms with E-state index in [9.17, 15) is 0 Å². The lowest BCUT2D eigenvalue weighted by atomic mass is 9.88. The number of rotatable bonds is 7. The third-order valence-corrected chi connectivity index (χ3v) is 5.49. The van der Waals surface area contributed by atoms with E-state index in [4.69, 9.17) is 13.9 Å². The van der Waals surface area contributed by atoms with Crippen molar-refractivity contribution >= 4 is 5.96 Å². The van der Waals surface area contributed by atoms with Gasteiger partial charge in [0.15, 0.2) is 11.7 Å². The van der Waals surface area contributed by atoms with E-state index in [2.05, 4.69) is 53.9 Å². The summed E-state index contributed by atoms with van der Waals surface area (Å²) in [5.74, 6) is 2.89. The molecule has 0 saturated carbocycles. The number of fused-ring (bicyclic) bond motifs is 1. The van der Waals surface area contributed by atoms with E-state index in [-0.39, 0.29) is 0 Å². The van der Waals surface area contributed by atoms with Crippen molar-refractivity contribution in [3.63, 3.8) is 0 Å².